The van der Waals surface area contributed by atoms with Crippen molar-refractivity contribution >= 4 is 33.4 Å². The third kappa shape index (κ3) is 3.66. The van der Waals surface area contributed by atoms with E-state index in [0.717, 1.165) is 37.1 Å². The minimum atomic E-state index is -0.417. The van der Waals surface area contributed by atoms with Crippen molar-refractivity contribution < 1.29 is 9.59 Å². The third-order valence-electron chi connectivity index (χ3n) is 6.10. The molecule has 2 aliphatic heterocycles. The zero-order valence-electron chi connectivity index (χ0n) is 18.3. The van der Waals surface area contributed by atoms with Crippen molar-refractivity contribution in [3.8, 4) is 0 Å². The van der Waals surface area contributed by atoms with Gasteiger partial charge in [0, 0.05) is 44.6 Å². The number of aryl methyl sites for hydroxylation is 2. The van der Waals surface area contributed by atoms with E-state index in [1.807, 2.05) is 32.6 Å². The molecular weight excluding hydrogens is 400 g/mol. The van der Waals surface area contributed by atoms with Crippen LogP contribution in [0.4, 0.5) is 0 Å². The Balaban J connectivity index is 1.59. The molecule has 4 rings (SSSR count). The first-order chi connectivity index (χ1) is 14.2. The number of piperazine rings is 1. The molecule has 0 atom stereocenters. The van der Waals surface area contributed by atoms with E-state index in [0.29, 0.717) is 47.8 Å². The van der Waals surface area contributed by atoms with Gasteiger partial charge in [-0.05, 0) is 25.3 Å². The van der Waals surface area contributed by atoms with Gasteiger partial charge in [0.15, 0.2) is 0 Å². The van der Waals surface area contributed by atoms with Crippen molar-refractivity contribution in [3.05, 3.63) is 26.6 Å². The van der Waals surface area contributed by atoms with E-state index in [1.54, 1.807) is 9.47 Å². The maximum Gasteiger partial charge on any atom is 0.264 e. The van der Waals surface area contributed by atoms with E-state index in [9.17, 15) is 14.4 Å². The molecule has 1 fully saturated rings. The molecule has 0 unspecified atom stereocenters. The van der Waals surface area contributed by atoms with E-state index < -0.39 is 5.41 Å². The molecule has 7 nitrogen and oxygen atoms in total. The molecular formula is C22H30N4O3S. The second kappa shape index (κ2) is 7.80. The summed E-state index contributed by atoms with van der Waals surface area (Å²) in [6.45, 7) is 10.4. The standard InChI is InChI=1S/C22H30N4O3S/c1-14-16-18(23-15-8-6-5-7-9-26(15)19(16)27)30-17(14)20(28)24-10-12-25(13-11-24)21(29)22(2,3)4/h5-13H2,1-4H3. The van der Waals surface area contributed by atoms with E-state index in [1.165, 1.54) is 11.3 Å². The molecule has 4 heterocycles. The lowest BCUT2D eigenvalue weighted by atomic mass is 9.94. The first-order valence-corrected chi connectivity index (χ1v) is 11.6. The zero-order valence-corrected chi connectivity index (χ0v) is 19.1. The lowest BCUT2D eigenvalue weighted by molar-refractivity contribution is -0.140. The van der Waals surface area contributed by atoms with Crippen molar-refractivity contribution in [2.24, 2.45) is 5.41 Å². The van der Waals surface area contributed by atoms with Crippen LogP contribution in [0.2, 0.25) is 0 Å². The highest BCUT2D eigenvalue weighted by Gasteiger charge is 2.32. The second-order valence-electron chi connectivity index (χ2n) is 9.37. The molecule has 0 bridgehead atoms. The smallest absolute Gasteiger partial charge is 0.264 e. The molecule has 162 valence electrons. The number of hydrogen-bond acceptors (Lipinski definition) is 5. The van der Waals surface area contributed by atoms with E-state index in [4.69, 9.17) is 4.98 Å². The summed E-state index contributed by atoms with van der Waals surface area (Å²) in [4.78, 5) is 48.6. The Morgan fingerprint density at radius 3 is 2.30 bits per heavy atom. The molecule has 0 radical (unpaired) electrons. The Hall–Kier alpha value is -2.22. The highest BCUT2D eigenvalue weighted by atomic mass is 32.1. The zero-order chi connectivity index (χ0) is 21.6. The lowest BCUT2D eigenvalue weighted by Gasteiger charge is -2.37. The maximum absolute atomic E-state index is 13.2. The van der Waals surface area contributed by atoms with Crippen molar-refractivity contribution in [2.75, 3.05) is 26.2 Å². The number of rotatable bonds is 1. The van der Waals surface area contributed by atoms with Crippen LogP contribution in [0.25, 0.3) is 10.2 Å². The molecule has 1 saturated heterocycles. The largest absolute Gasteiger partial charge is 0.339 e. The van der Waals surface area contributed by atoms with Crippen molar-refractivity contribution in [2.45, 2.75) is 59.9 Å². The van der Waals surface area contributed by atoms with Crippen LogP contribution in [-0.2, 0) is 17.8 Å². The number of carbonyl (C=O) groups excluding carboxylic acids is 2. The molecule has 2 amide bonds. The van der Waals surface area contributed by atoms with E-state index in [2.05, 4.69) is 0 Å². The molecule has 0 spiro atoms. The molecule has 0 saturated carbocycles. The highest BCUT2D eigenvalue weighted by Crippen LogP contribution is 2.30. The van der Waals surface area contributed by atoms with Crippen molar-refractivity contribution in [1.82, 2.24) is 19.4 Å². The monoisotopic (exact) mass is 430 g/mol. The quantitative estimate of drug-likeness (QED) is 0.697. The highest BCUT2D eigenvalue weighted by molar-refractivity contribution is 7.20. The van der Waals surface area contributed by atoms with Crippen LogP contribution in [0.15, 0.2) is 4.79 Å². The minimum absolute atomic E-state index is 0.00899. The van der Waals surface area contributed by atoms with Gasteiger partial charge in [-0.1, -0.05) is 27.2 Å². The van der Waals surface area contributed by atoms with Crippen LogP contribution >= 0.6 is 11.3 Å². The summed E-state index contributed by atoms with van der Waals surface area (Å²) < 4.78 is 1.81. The van der Waals surface area contributed by atoms with Crippen LogP contribution in [0.3, 0.4) is 0 Å². The molecule has 0 N–H and O–H groups in total. The van der Waals surface area contributed by atoms with Gasteiger partial charge >= 0.3 is 0 Å². The van der Waals surface area contributed by atoms with Crippen molar-refractivity contribution in [3.63, 3.8) is 0 Å². The fourth-order valence-electron chi connectivity index (χ4n) is 4.34. The summed E-state index contributed by atoms with van der Waals surface area (Å²) in [6.07, 6.45) is 3.97. The predicted molar refractivity (Wildman–Crippen MR) is 118 cm³/mol. The number of amides is 2. The summed E-state index contributed by atoms with van der Waals surface area (Å²) in [5.74, 6) is 0.906. The lowest BCUT2D eigenvalue weighted by Crippen LogP contribution is -2.53. The Bertz CT molecular complexity index is 1050. The number of thiophene rings is 1. The van der Waals surface area contributed by atoms with Crippen LogP contribution in [0.5, 0.6) is 0 Å². The summed E-state index contributed by atoms with van der Waals surface area (Å²) >= 11 is 1.33. The minimum Gasteiger partial charge on any atom is -0.339 e. The van der Waals surface area contributed by atoms with Gasteiger partial charge < -0.3 is 9.80 Å². The SMILES string of the molecule is Cc1c(C(=O)N2CCN(C(=O)C(C)(C)C)CC2)sc2nc3n(c(=O)c12)CCCCC3. The Morgan fingerprint density at radius 2 is 1.63 bits per heavy atom. The van der Waals surface area contributed by atoms with Crippen LogP contribution < -0.4 is 5.56 Å². The number of carbonyl (C=O) groups is 2. The maximum atomic E-state index is 13.2. The summed E-state index contributed by atoms with van der Waals surface area (Å²) in [7, 11) is 0. The molecule has 8 heteroatoms. The number of nitrogens with zero attached hydrogens (tertiary/aromatic N) is 4. The topological polar surface area (TPSA) is 75.5 Å². The third-order valence-corrected chi connectivity index (χ3v) is 7.28. The Morgan fingerprint density at radius 1 is 0.967 bits per heavy atom. The molecule has 0 aromatic carbocycles. The molecule has 2 aromatic rings. The van der Waals surface area contributed by atoms with Crippen molar-refractivity contribution in [1.29, 1.82) is 0 Å². The Labute approximate surface area is 180 Å². The molecule has 2 aliphatic rings. The van der Waals surface area contributed by atoms with Crippen LogP contribution in [0, 0.1) is 12.3 Å². The van der Waals surface area contributed by atoms with Gasteiger partial charge in [-0.3, -0.25) is 19.0 Å². The first kappa shape index (κ1) is 21.0. The number of hydrogen-bond donors (Lipinski definition) is 0. The van der Waals surface area contributed by atoms with Gasteiger partial charge in [0.1, 0.15) is 10.7 Å². The fourth-order valence-corrected chi connectivity index (χ4v) is 5.50. The fraction of sp³-hybridized carbons (Fsp3) is 0.636. The van der Waals surface area contributed by atoms with Gasteiger partial charge in [-0.15, -0.1) is 11.3 Å². The van der Waals surface area contributed by atoms with E-state index >= 15 is 0 Å². The summed E-state index contributed by atoms with van der Waals surface area (Å²) in [5, 5.41) is 0.593. The summed E-state index contributed by atoms with van der Waals surface area (Å²) in [6, 6.07) is 0. The molecule has 30 heavy (non-hydrogen) atoms. The Kier molecular flexibility index (Phi) is 5.46. The predicted octanol–water partition coefficient (Wildman–Crippen LogP) is 2.82. The molecule has 2 aromatic heterocycles. The second-order valence-corrected chi connectivity index (χ2v) is 10.4. The van der Waals surface area contributed by atoms with Gasteiger partial charge in [0.25, 0.3) is 11.5 Å². The normalized spacial score (nSPS) is 17.7. The van der Waals surface area contributed by atoms with Gasteiger partial charge in [-0.2, -0.15) is 0 Å². The number of fused-ring (bicyclic) bond motifs is 2. The average Bonchev–Trinajstić information content (AvgIpc) is 2.88. The van der Waals surface area contributed by atoms with Gasteiger partial charge in [0.2, 0.25) is 5.91 Å². The van der Waals surface area contributed by atoms with Crippen LogP contribution in [0.1, 0.15) is 61.1 Å². The number of aromatic nitrogens is 2. The molecule has 0 aliphatic carbocycles. The van der Waals surface area contributed by atoms with Gasteiger partial charge in [0.05, 0.1) is 10.3 Å². The average molecular weight is 431 g/mol. The van der Waals surface area contributed by atoms with Gasteiger partial charge in [-0.25, -0.2) is 4.98 Å². The van der Waals surface area contributed by atoms with Crippen LogP contribution in [-0.4, -0.2) is 57.3 Å². The summed E-state index contributed by atoms with van der Waals surface area (Å²) in [5.41, 5.74) is 0.315. The van der Waals surface area contributed by atoms with E-state index in [-0.39, 0.29) is 17.4 Å². The first-order valence-electron chi connectivity index (χ1n) is 10.8.